The Bertz CT molecular complexity index is 901. The van der Waals surface area contributed by atoms with Crippen LogP contribution in [0.25, 0.3) is 11.0 Å². The summed E-state index contributed by atoms with van der Waals surface area (Å²) < 4.78 is 7.15. The first kappa shape index (κ1) is 16.7. The van der Waals surface area contributed by atoms with Crippen LogP contribution in [0.5, 0.6) is 0 Å². The average molecular weight is 344 g/mol. The van der Waals surface area contributed by atoms with E-state index in [2.05, 4.69) is 42.4 Å². The molecule has 3 rings (SSSR count). The maximum atomic E-state index is 11.9. The van der Waals surface area contributed by atoms with Gasteiger partial charge in [0, 0.05) is 23.8 Å². The number of thioether (sulfide) groups is 1. The van der Waals surface area contributed by atoms with Crippen LogP contribution in [0.3, 0.4) is 0 Å². The summed E-state index contributed by atoms with van der Waals surface area (Å²) in [6, 6.07) is 7.58. The minimum atomic E-state index is -0.326. The fourth-order valence-electron chi connectivity index (χ4n) is 2.52. The predicted octanol–water partition coefficient (Wildman–Crippen LogP) is 3.29. The van der Waals surface area contributed by atoms with Gasteiger partial charge in [0.25, 0.3) is 0 Å². The maximum absolute atomic E-state index is 11.9. The first-order valence-electron chi connectivity index (χ1n) is 8.01. The highest BCUT2D eigenvalue weighted by Crippen LogP contribution is 2.26. The standard InChI is InChI=1S/C17H20N4O2S/c1-4-12-5-6-14-13(8-16(22)23-15(14)7-12)10-24-17-18-19-20-21(17)9-11(2)3/h5-8,11H,4,9-10H2,1-3H3. The molecular weight excluding hydrogens is 324 g/mol. The zero-order valence-corrected chi connectivity index (χ0v) is 14.8. The number of hydrogen-bond acceptors (Lipinski definition) is 6. The molecule has 0 saturated heterocycles. The van der Waals surface area contributed by atoms with Crippen molar-refractivity contribution in [1.29, 1.82) is 0 Å². The SMILES string of the molecule is CCc1ccc2c(CSc3nnnn3CC(C)C)cc(=O)oc2c1. The van der Waals surface area contributed by atoms with Crippen molar-refractivity contribution in [1.82, 2.24) is 20.2 Å². The van der Waals surface area contributed by atoms with Crippen molar-refractivity contribution < 1.29 is 4.42 Å². The molecule has 2 aromatic heterocycles. The lowest BCUT2D eigenvalue weighted by molar-refractivity contribution is 0.446. The van der Waals surface area contributed by atoms with E-state index in [1.165, 1.54) is 11.8 Å². The third-order valence-electron chi connectivity index (χ3n) is 3.70. The van der Waals surface area contributed by atoms with Crippen molar-refractivity contribution in [2.75, 3.05) is 0 Å². The Morgan fingerprint density at radius 3 is 2.88 bits per heavy atom. The van der Waals surface area contributed by atoms with Gasteiger partial charge in [0.1, 0.15) is 5.58 Å². The van der Waals surface area contributed by atoms with E-state index in [0.717, 1.165) is 34.6 Å². The Labute approximate surface area is 144 Å². The maximum Gasteiger partial charge on any atom is 0.336 e. The first-order valence-corrected chi connectivity index (χ1v) is 9.00. The van der Waals surface area contributed by atoms with Crippen molar-refractivity contribution >= 4 is 22.7 Å². The van der Waals surface area contributed by atoms with Gasteiger partial charge in [-0.15, -0.1) is 5.10 Å². The average Bonchev–Trinajstić information content (AvgIpc) is 2.98. The fraction of sp³-hybridized carbons (Fsp3) is 0.412. The number of nitrogens with zero attached hydrogens (tertiary/aromatic N) is 4. The molecule has 1 aromatic carbocycles. The highest BCUT2D eigenvalue weighted by atomic mass is 32.2. The topological polar surface area (TPSA) is 73.8 Å². The quantitative estimate of drug-likeness (QED) is 0.505. The number of fused-ring (bicyclic) bond motifs is 1. The molecule has 0 aliphatic carbocycles. The van der Waals surface area contributed by atoms with Gasteiger partial charge in [-0.2, -0.15) is 0 Å². The van der Waals surface area contributed by atoms with Crippen LogP contribution in [-0.4, -0.2) is 20.2 Å². The van der Waals surface area contributed by atoms with Crippen molar-refractivity contribution in [3.05, 3.63) is 45.8 Å². The Balaban J connectivity index is 1.88. The van der Waals surface area contributed by atoms with Gasteiger partial charge in [-0.1, -0.05) is 44.7 Å². The Kier molecular flexibility index (Phi) is 4.99. The van der Waals surface area contributed by atoms with Gasteiger partial charge >= 0.3 is 5.63 Å². The molecule has 24 heavy (non-hydrogen) atoms. The zero-order chi connectivity index (χ0) is 17.1. The van der Waals surface area contributed by atoms with Gasteiger partial charge in [0.05, 0.1) is 0 Å². The van der Waals surface area contributed by atoms with Crippen LogP contribution in [0.1, 0.15) is 31.9 Å². The second kappa shape index (κ2) is 7.17. The highest BCUT2D eigenvalue weighted by Gasteiger charge is 2.11. The summed E-state index contributed by atoms with van der Waals surface area (Å²) in [6.45, 7) is 7.09. The van der Waals surface area contributed by atoms with E-state index >= 15 is 0 Å². The summed E-state index contributed by atoms with van der Waals surface area (Å²) in [4.78, 5) is 11.9. The summed E-state index contributed by atoms with van der Waals surface area (Å²) in [6.07, 6.45) is 0.905. The molecule has 0 spiro atoms. The van der Waals surface area contributed by atoms with E-state index in [-0.39, 0.29) is 5.63 Å². The molecular formula is C17H20N4O2S. The van der Waals surface area contributed by atoms with Crippen molar-refractivity contribution in [2.24, 2.45) is 5.92 Å². The first-order chi connectivity index (χ1) is 11.6. The Morgan fingerprint density at radius 1 is 1.29 bits per heavy atom. The Morgan fingerprint density at radius 2 is 2.12 bits per heavy atom. The van der Waals surface area contributed by atoms with Crippen LogP contribution in [-0.2, 0) is 18.7 Å². The smallest absolute Gasteiger partial charge is 0.336 e. The lowest BCUT2D eigenvalue weighted by atomic mass is 10.1. The molecule has 0 amide bonds. The van der Waals surface area contributed by atoms with Crippen molar-refractivity contribution in [2.45, 2.75) is 44.6 Å². The summed E-state index contributed by atoms with van der Waals surface area (Å²) in [7, 11) is 0. The second-order valence-electron chi connectivity index (χ2n) is 6.10. The van der Waals surface area contributed by atoms with Crippen molar-refractivity contribution in [3.8, 4) is 0 Å². The second-order valence-corrected chi connectivity index (χ2v) is 7.04. The zero-order valence-electron chi connectivity index (χ0n) is 14.0. The van der Waals surface area contributed by atoms with Crippen LogP contribution in [0.4, 0.5) is 0 Å². The van der Waals surface area contributed by atoms with E-state index in [1.807, 2.05) is 12.1 Å². The van der Waals surface area contributed by atoms with E-state index < -0.39 is 0 Å². The molecule has 0 saturated carbocycles. The van der Waals surface area contributed by atoms with Crippen LogP contribution in [0.15, 0.2) is 38.6 Å². The Hall–Kier alpha value is -2.15. The number of aryl methyl sites for hydroxylation is 1. The summed E-state index contributed by atoms with van der Waals surface area (Å²) in [5, 5.41) is 13.6. The number of rotatable bonds is 6. The highest BCUT2D eigenvalue weighted by molar-refractivity contribution is 7.98. The largest absolute Gasteiger partial charge is 0.423 e. The van der Waals surface area contributed by atoms with Crippen LogP contribution < -0.4 is 5.63 Å². The number of aromatic nitrogens is 4. The molecule has 6 nitrogen and oxygen atoms in total. The van der Waals surface area contributed by atoms with Crippen molar-refractivity contribution in [3.63, 3.8) is 0 Å². The molecule has 2 heterocycles. The number of benzene rings is 1. The van der Waals surface area contributed by atoms with Gasteiger partial charge < -0.3 is 4.42 Å². The molecule has 0 aliphatic rings. The molecule has 7 heteroatoms. The van der Waals surface area contributed by atoms with Gasteiger partial charge in [-0.25, -0.2) is 9.48 Å². The molecule has 3 aromatic rings. The molecule has 0 aliphatic heterocycles. The third-order valence-corrected chi connectivity index (χ3v) is 4.70. The lowest BCUT2D eigenvalue weighted by Gasteiger charge is -2.08. The third kappa shape index (κ3) is 3.67. The molecule has 0 unspecified atom stereocenters. The van der Waals surface area contributed by atoms with Gasteiger partial charge in [0.15, 0.2) is 0 Å². The van der Waals surface area contributed by atoms with E-state index in [9.17, 15) is 4.79 Å². The lowest BCUT2D eigenvalue weighted by Crippen LogP contribution is -2.08. The van der Waals surface area contributed by atoms with Crippen LogP contribution >= 0.6 is 11.8 Å². The van der Waals surface area contributed by atoms with E-state index in [0.29, 0.717) is 17.3 Å². The van der Waals surface area contributed by atoms with Gasteiger partial charge in [0.2, 0.25) is 5.16 Å². The molecule has 0 fully saturated rings. The van der Waals surface area contributed by atoms with Gasteiger partial charge in [-0.05, 0) is 40.0 Å². The fourth-order valence-corrected chi connectivity index (χ4v) is 3.39. The van der Waals surface area contributed by atoms with E-state index in [1.54, 1.807) is 10.7 Å². The van der Waals surface area contributed by atoms with Crippen LogP contribution in [0.2, 0.25) is 0 Å². The van der Waals surface area contributed by atoms with Crippen LogP contribution in [0, 0.1) is 5.92 Å². The molecule has 0 bridgehead atoms. The number of hydrogen-bond donors (Lipinski definition) is 0. The minimum absolute atomic E-state index is 0.326. The minimum Gasteiger partial charge on any atom is -0.423 e. The summed E-state index contributed by atoms with van der Waals surface area (Å²) in [5.74, 6) is 1.08. The van der Waals surface area contributed by atoms with Gasteiger partial charge in [-0.3, -0.25) is 0 Å². The predicted molar refractivity (Wildman–Crippen MR) is 94.1 cm³/mol. The van der Waals surface area contributed by atoms with E-state index in [4.69, 9.17) is 4.42 Å². The molecule has 0 atom stereocenters. The normalized spacial score (nSPS) is 11.5. The monoisotopic (exact) mass is 344 g/mol. The molecule has 126 valence electrons. The molecule has 0 N–H and O–H groups in total. The summed E-state index contributed by atoms with van der Waals surface area (Å²) in [5.41, 5.74) is 2.40. The number of tetrazole rings is 1. The molecule has 0 radical (unpaired) electrons. The summed E-state index contributed by atoms with van der Waals surface area (Å²) >= 11 is 1.53.